The normalized spacial score (nSPS) is 17.7. The summed E-state index contributed by atoms with van der Waals surface area (Å²) in [6.45, 7) is 2.27. The maximum Gasteiger partial charge on any atom is 0.104 e. The van der Waals surface area contributed by atoms with Crippen molar-refractivity contribution in [2.24, 2.45) is 11.7 Å². The van der Waals surface area contributed by atoms with Gasteiger partial charge in [-0.05, 0) is 59.8 Å². The van der Waals surface area contributed by atoms with Crippen LogP contribution in [0, 0.1) is 5.92 Å². The molecule has 0 heterocycles. The van der Waals surface area contributed by atoms with Crippen LogP contribution in [0.2, 0.25) is 0 Å². The first-order valence-electron chi connectivity index (χ1n) is 6.44. The third-order valence-electron chi connectivity index (χ3n) is 3.74. The Hall–Kier alpha value is -0.610. The number of benzene rings is 1. The molecule has 2 nitrogen and oxygen atoms in total. The summed E-state index contributed by atoms with van der Waals surface area (Å²) in [5.74, 6) is 0.798. The van der Waals surface area contributed by atoms with E-state index in [1.165, 1.54) is 25.7 Å². The molecule has 4 heteroatoms. The number of hydrogen-bond acceptors (Lipinski definition) is 2. The van der Waals surface area contributed by atoms with Gasteiger partial charge in [-0.25, -0.2) is 0 Å². The Kier molecular flexibility index (Phi) is 4.62. The van der Waals surface area contributed by atoms with Gasteiger partial charge in [-0.3, -0.25) is 0 Å². The lowest BCUT2D eigenvalue weighted by molar-refractivity contribution is 0.482. The highest BCUT2D eigenvalue weighted by atomic mass is 79.9. The quantitative estimate of drug-likeness (QED) is 0.819. The zero-order chi connectivity index (χ0) is 13.1. The Morgan fingerprint density at radius 1 is 1.44 bits per heavy atom. The molecule has 1 aromatic carbocycles. The summed E-state index contributed by atoms with van der Waals surface area (Å²) in [6, 6.07) is 6.51. The van der Waals surface area contributed by atoms with E-state index in [2.05, 4.69) is 28.2 Å². The van der Waals surface area contributed by atoms with Gasteiger partial charge in [0.2, 0.25) is 0 Å². The van der Waals surface area contributed by atoms with Crippen molar-refractivity contribution in [2.75, 3.05) is 5.32 Å². The molecule has 98 valence electrons. The molecule has 1 saturated carbocycles. The highest BCUT2D eigenvalue weighted by molar-refractivity contribution is 9.10. The molecule has 1 aliphatic carbocycles. The summed E-state index contributed by atoms with van der Waals surface area (Å²) < 4.78 is 1.03. The van der Waals surface area contributed by atoms with Gasteiger partial charge in [0.05, 0.1) is 0 Å². The summed E-state index contributed by atoms with van der Waals surface area (Å²) >= 11 is 8.55. The molecule has 1 unspecified atom stereocenters. The number of halogens is 1. The topological polar surface area (TPSA) is 38.0 Å². The zero-order valence-corrected chi connectivity index (χ0v) is 13.0. The fourth-order valence-corrected chi connectivity index (χ4v) is 3.23. The Morgan fingerprint density at radius 3 is 2.67 bits per heavy atom. The average molecular weight is 327 g/mol. The molecule has 18 heavy (non-hydrogen) atoms. The van der Waals surface area contributed by atoms with Crippen LogP contribution in [-0.4, -0.2) is 11.0 Å². The van der Waals surface area contributed by atoms with Crippen LogP contribution in [0.25, 0.3) is 0 Å². The molecule has 1 atom stereocenters. The predicted octanol–water partition coefficient (Wildman–Crippen LogP) is 4.07. The summed E-state index contributed by atoms with van der Waals surface area (Å²) in [6.07, 6.45) is 5.43. The molecular formula is C14H19BrN2S. The molecule has 0 aliphatic heterocycles. The van der Waals surface area contributed by atoms with Crippen molar-refractivity contribution in [2.45, 2.75) is 38.6 Å². The lowest BCUT2D eigenvalue weighted by Gasteiger charge is -2.22. The number of rotatable bonds is 4. The first-order valence-corrected chi connectivity index (χ1v) is 7.64. The van der Waals surface area contributed by atoms with Gasteiger partial charge in [0.1, 0.15) is 4.99 Å². The van der Waals surface area contributed by atoms with Gasteiger partial charge in [-0.2, -0.15) is 0 Å². The Bertz CT molecular complexity index is 441. The summed E-state index contributed by atoms with van der Waals surface area (Å²) in [4.78, 5) is 0.436. The molecule has 0 amide bonds. The first-order chi connectivity index (χ1) is 8.58. The van der Waals surface area contributed by atoms with E-state index in [0.29, 0.717) is 11.0 Å². The monoisotopic (exact) mass is 326 g/mol. The van der Waals surface area contributed by atoms with Gasteiger partial charge in [0.25, 0.3) is 0 Å². The van der Waals surface area contributed by atoms with Gasteiger partial charge in [-0.1, -0.05) is 25.1 Å². The van der Waals surface area contributed by atoms with Crippen LogP contribution in [0.4, 0.5) is 5.69 Å². The summed E-state index contributed by atoms with van der Waals surface area (Å²) in [5.41, 5.74) is 7.64. The third kappa shape index (κ3) is 3.23. The van der Waals surface area contributed by atoms with Gasteiger partial charge in [0, 0.05) is 21.8 Å². The van der Waals surface area contributed by atoms with E-state index < -0.39 is 0 Å². The van der Waals surface area contributed by atoms with Gasteiger partial charge < -0.3 is 11.1 Å². The second-order valence-electron chi connectivity index (χ2n) is 5.04. The van der Waals surface area contributed by atoms with Crippen LogP contribution >= 0.6 is 28.1 Å². The van der Waals surface area contributed by atoms with Gasteiger partial charge >= 0.3 is 0 Å². The lowest BCUT2D eigenvalue weighted by atomic mass is 9.99. The van der Waals surface area contributed by atoms with Gasteiger partial charge in [0.15, 0.2) is 0 Å². The second-order valence-corrected chi connectivity index (χ2v) is 6.33. The number of hydrogen-bond donors (Lipinski definition) is 2. The van der Waals surface area contributed by atoms with Crippen molar-refractivity contribution in [3.05, 3.63) is 28.2 Å². The van der Waals surface area contributed by atoms with Crippen molar-refractivity contribution in [3.8, 4) is 0 Å². The minimum Gasteiger partial charge on any atom is -0.389 e. The molecule has 1 fully saturated rings. The van der Waals surface area contributed by atoms with E-state index >= 15 is 0 Å². The smallest absolute Gasteiger partial charge is 0.104 e. The minimum atomic E-state index is 0.436. The van der Waals surface area contributed by atoms with Crippen molar-refractivity contribution < 1.29 is 0 Å². The van der Waals surface area contributed by atoms with E-state index in [9.17, 15) is 0 Å². The second kappa shape index (κ2) is 6.02. The van der Waals surface area contributed by atoms with E-state index in [4.69, 9.17) is 18.0 Å². The van der Waals surface area contributed by atoms with Crippen molar-refractivity contribution in [1.29, 1.82) is 0 Å². The maximum atomic E-state index is 5.62. The van der Waals surface area contributed by atoms with Crippen LogP contribution in [0.5, 0.6) is 0 Å². The molecule has 0 spiro atoms. The number of nitrogens with two attached hydrogens (primary N) is 1. The van der Waals surface area contributed by atoms with Crippen molar-refractivity contribution in [1.82, 2.24) is 0 Å². The Morgan fingerprint density at radius 2 is 2.11 bits per heavy atom. The molecule has 3 N–H and O–H groups in total. The van der Waals surface area contributed by atoms with Crippen LogP contribution in [-0.2, 0) is 0 Å². The molecular weight excluding hydrogens is 308 g/mol. The molecule has 0 saturated heterocycles. The fraction of sp³-hybridized carbons (Fsp3) is 0.500. The standard InChI is InChI=1S/C14H19BrN2S/c1-9(10-4-2-3-5-10)17-13-7-6-11(14(16)18)8-12(13)15/h6-10,17H,2-5H2,1H3,(H2,16,18). The van der Waals surface area contributed by atoms with E-state index in [-0.39, 0.29) is 0 Å². The molecule has 0 aromatic heterocycles. The number of anilines is 1. The highest BCUT2D eigenvalue weighted by Gasteiger charge is 2.21. The third-order valence-corrected chi connectivity index (χ3v) is 4.64. The van der Waals surface area contributed by atoms with Crippen LogP contribution in [0.1, 0.15) is 38.2 Å². The SMILES string of the molecule is CC(Nc1ccc(C(N)=S)cc1Br)C1CCCC1. The van der Waals surface area contributed by atoms with Crippen LogP contribution < -0.4 is 11.1 Å². The molecule has 0 bridgehead atoms. The van der Waals surface area contributed by atoms with Crippen molar-refractivity contribution >= 4 is 38.8 Å². The summed E-state index contributed by atoms with van der Waals surface area (Å²) in [7, 11) is 0. The van der Waals surface area contributed by atoms with E-state index in [1.807, 2.05) is 18.2 Å². The largest absolute Gasteiger partial charge is 0.389 e. The van der Waals surface area contributed by atoms with Crippen LogP contribution in [0.3, 0.4) is 0 Å². The zero-order valence-electron chi connectivity index (χ0n) is 10.6. The molecule has 1 aromatic rings. The predicted molar refractivity (Wildman–Crippen MR) is 85.1 cm³/mol. The highest BCUT2D eigenvalue weighted by Crippen LogP contribution is 2.31. The number of nitrogens with one attached hydrogen (secondary N) is 1. The summed E-state index contributed by atoms with van der Waals surface area (Å²) in [5, 5.41) is 3.59. The number of thiocarbonyl (C=S) groups is 1. The fourth-order valence-electron chi connectivity index (χ4n) is 2.61. The first kappa shape index (κ1) is 13.8. The maximum absolute atomic E-state index is 5.62. The Balaban J connectivity index is 2.06. The molecule has 0 radical (unpaired) electrons. The minimum absolute atomic E-state index is 0.436. The molecule has 2 rings (SSSR count). The van der Waals surface area contributed by atoms with Crippen LogP contribution in [0.15, 0.2) is 22.7 Å². The van der Waals surface area contributed by atoms with Gasteiger partial charge in [-0.15, -0.1) is 0 Å². The van der Waals surface area contributed by atoms with E-state index in [1.54, 1.807) is 0 Å². The average Bonchev–Trinajstić information content (AvgIpc) is 2.85. The lowest BCUT2D eigenvalue weighted by Crippen LogP contribution is -2.24. The van der Waals surface area contributed by atoms with Crippen molar-refractivity contribution in [3.63, 3.8) is 0 Å². The molecule has 1 aliphatic rings. The van der Waals surface area contributed by atoms with E-state index in [0.717, 1.165) is 21.6 Å². The Labute approximate surface area is 122 Å².